The first-order valence-corrected chi connectivity index (χ1v) is 6.55. The van der Waals surface area contributed by atoms with E-state index >= 15 is 0 Å². The molecule has 1 aliphatic rings. The van der Waals surface area contributed by atoms with Crippen LogP contribution in [-0.4, -0.2) is 9.78 Å². The molecule has 4 rings (SSSR count). The number of aryl methyl sites for hydroxylation is 1. The van der Waals surface area contributed by atoms with Gasteiger partial charge in [0.2, 0.25) is 0 Å². The van der Waals surface area contributed by atoms with Gasteiger partial charge in [0.1, 0.15) is 5.82 Å². The first kappa shape index (κ1) is 10.6. The zero-order valence-corrected chi connectivity index (χ0v) is 10.9. The van der Waals surface area contributed by atoms with Gasteiger partial charge in [-0.2, -0.15) is 5.10 Å². The van der Waals surface area contributed by atoms with Crippen molar-refractivity contribution in [2.75, 3.05) is 4.90 Å². The van der Waals surface area contributed by atoms with Gasteiger partial charge in [-0.05, 0) is 34.0 Å². The first-order valence-electron chi connectivity index (χ1n) is 6.55. The molecule has 0 saturated heterocycles. The third-order valence-electron chi connectivity index (χ3n) is 3.91. The van der Waals surface area contributed by atoms with E-state index in [9.17, 15) is 0 Å². The number of hydrogen-bond donors (Lipinski definition) is 0. The third kappa shape index (κ3) is 1.62. The molecule has 94 valence electrons. The van der Waals surface area contributed by atoms with Crippen molar-refractivity contribution in [2.45, 2.75) is 13.1 Å². The van der Waals surface area contributed by atoms with Crippen molar-refractivity contribution >= 4 is 16.6 Å². The highest BCUT2D eigenvalue weighted by Crippen LogP contribution is 2.30. The largest absolute Gasteiger partial charge is 0.348 e. The molecule has 0 unspecified atom stereocenters. The molecule has 0 aliphatic carbocycles. The van der Waals surface area contributed by atoms with Gasteiger partial charge in [-0.15, -0.1) is 0 Å². The second-order valence-electron chi connectivity index (χ2n) is 5.14. The van der Waals surface area contributed by atoms with Gasteiger partial charge in [0.25, 0.3) is 0 Å². The Hall–Kier alpha value is -2.29. The van der Waals surface area contributed by atoms with Crippen LogP contribution in [0.4, 0.5) is 5.82 Å². The van der Waals surface area contributed by atoms with Crippen LogP contribution in [0.3, 0.4) is 0 Å². The molecular weight excluding hydrogens is 234 g/mol. The number of nitrogens with zero attached hydrogens (tertiary/aromatic N) is 3. The molecule has 0 spiro atoms. The fraction of sp³-hybridized carbons (Fsp3) is 0.188. The van der Waals surface area contributed by atoms with Crippen molar-refractivity contribution in [1.29, 1.82) is 0 Å². The third-order valence-corrected chi connectivity index (χ3v) is 3.91. The lowest BCUT2D eigenvalue weighted by Crippen LogP contribution is -2.17. The number of rotatable bonds is 1. The van der Waals surface area contributed by atoms with E-state index < -0.39 is 0 Å². The summed E-state index contributed by atoms with van der Waals surface area (Å²) in [5.41, 5.74) is 2.86. The molecule has 0 bridgehead atoms. The highest BCUT2D eigenvalue weighted by atomic mass is 15.4. The molecule has 2 heterocycles. The summed E-state index contributed by atoms with van der Waals surface area (Å²) in [6.45, 7) is 1.94. The zero-order valence-electron chi connectivity index (χ0n) is 10.9. The maximum absolute atomic E-state index is 4.25. The van der Waals surface area contributed by atoms with Crippen molar-refractivity contribution < 1.29 is 0 Å². The Morgan fingerprint density at radius 2 is 1.58 bits per heavy atom. The van der Waals surface area contributed by atoms with Gasteiger partial charge in [0.05, 0.1) is 6.20 Å². The molecule has 3 aromatic rings. The molecule has 0 amide bonds. The van der Waals surface area contributed by atoms with Crippen LogP contribution in [0.5, 0.6) is 0 Å². The van der Waals surface area contributed by atoms with Crippen LogP contribution in [0.2, 0.25) is 0 Å². The number of fused-ring (bicyclic) bond motifs is 2. The second-order valence-corrected chi connectivity index (χ2v) is 5.14. The first-order chi connectivity index (χ1) is 9.31. The number of benzene rings is 2. The summed E-state index contributed by atoms with van der Waals surface area (Å²) in [7, 11) is 1.99. The van der Waals surface area contributed by atoms with Gasteiger partial charge in [0, 0.05) is 26.2 Å². The number of hydrogen-bond acceptors (Lipinski definition) is 2. The van der Waals surface area contributed by atoms with E-state index in [0.29, 0.717) is 0 Å². The Balaban J connectivity index is 1.78. The minimum absolute atomic E-state index is 0.972. The highest BCUT2D eigenvalue weighted by molar-refractivity contribution is 5.84. The molecule has 0 fully saturated rings. The van der Waals surface area contributed by atoms with Crippen molar-refractivity contribution in [1.82, 2.24) is 9.78 Å². The van der Waals surface area contributed by atoms with E-state index in [1.165, 1.54) is 27.7 Å². The van der Waals surface area contributed by atoms with Crippen LogP contribution in [0.15, 0.2) is 48.7 Å². The second kappa shape index (κ2) is 3.85. The van der Waals surface area contributed by atoms with E-state index in [1.807, 2.05) is 17.9 Å². The maximum atomic E-state index is 4.25. The SMILES string of the molecule is Cn1nccc1N1Cc2cc3ccccc3cc2C1. The van der Waals surface area contributed by atoms with Gasteiger partial charge < -0.3 is 4.90 Å². The van der Waals surface area contributed by atoms with Gasteiger partial charge >= 0.3 is 0 Å². The topological polar surface area (TPSA) is 21.1 Å². The Morgan fingerprint density at radius 3 is 2.11 bits per heavy atom. The molecule has 2 aromatic carbocycles. The number of aromatic nitrogens is 2. The Labute approximate surface area is 112 Å². The predicted octanol–water partition coefficient (Wildman–Crippen LogP) is 3.09. The average molecular weight is 249 g/mol. The average Bonchev–Trinajstić information content (AvgIpc) is 3.01. The van der Waals surface area contributed by atoms with Crippen LogP contribution in [0.25, 0.3) is 10.8 Å². The lowest BCUT2D eigenvalue weighted by molar-refractivity contribution is 0.721. The molecular formula is C16H15N3. The molecule has 0 radical (unpaired) electrons. The van der Waals surface area contributed by atoms with Crippen molar-refractivity contribution in [3.8, 4) is 0 Å². The molecule has 1 aliphatic heterocycles. The van der Waals surface area contributed by atoms with E-state index in [0.717, 1.165) is 13.1 Å². The summed E-state index contributed by atoms with van der Waals surface area (Å²) < 4.78 is 1.94. The summed E-state index contributed by atoms with van der Waals surface area (Å²) in [6.07, 6.45) is 1.86. The quantitative estimate of drug-likeness (QED) is 0.661. The minimum atomic E-state index is 0.972. The fourth-order valence-electron chi connectivity index (χ4n) is 2.94. The van der Waals surface area contributed by atoms with Gasteiger partial charge in [-0.1, -0.05) is 24.3 Å². The van der Waals surface area contributed by atoms with Crippen molar-refractivity contribution in [3.63, 3.8) is 0 Å². The fourth-order valence-corrected chi connectivity index (χ4v) is 2.94. The predicted molar refractivity (Wildman–Crippen MR) is 77.0 cm³/mol. The Kier molecular flexibility index (Phi) is 2.15. The summed E-state index contributed by atoms with van der Waals surface area (Å²) in [5.74, 6) is 1.18. The Bertz CT molecular complexity index is 713. The summed E-state index contributed by atoms with van der Waals surface area (Å²) in [4.78, 5) is 2.37. The van der Waals surface area contributed by atoms with Crippen LogP contribution >= 0.6 is 0 Å². The minimum Gasteiger partial charge on any atom is -0.348 e. The van der Waals surface area contributed by atoms with Gasteiger partial charge in [-0.25, -0.2) is 0 Å². The standard InChI is InChI=1S/C16H15N3/c1-18-16(6-7-17-18)19-10-14-8-12-4-2-3-5-13(12)9-15(14)11-19/h2-9H,10-11H2,1H3. The molecule has 1 aromatic heterocycles. The Morgan fingerprint density at radius 1 is 0.947 bits per heavy atom. The summed E-state index contributed by atoms with van der Waals surface area (Å²) in [5, 5.41) is 6.91. The van der Waals surface area contributed by atoms with E-state index in [2.05, 4.69) is 52.5 Å². The van der Waals surface area contributed by atoms with Gasteiger partial charge in [-0.3, -0.25) is 4.68 Å². The van der Waals surface area contributed by atoms with Crippen LogP contribution in [-0.2, 0) is 20.1 Å². The maximum Gasteiger partial charge on any atom is 0.127 e. The van der Waals surface area contributed by atoms with Crippen molar-refractivity contribution in [2.24, 2.45) is 7.05 Å². The van der Waals surface area contributed by atoms with Crippen molar-refractivity contribution in [3.05, 3.63) is 59.8 Å². The van der Waals surface area contributed by atoms with Gasteiger partial charge in [0.15, 0.2) is 0 Å². The summed E-state index contributed by atoms with van der Waals surface area (Å²) >= 11 is 0. The van der Waals surface area contributed by atoms with Crippen LogP contribution < -0.4 is 4.90 Å². The molecule has 3 nitrogen and oxygen atoms in total. The monoisotopic (exact) mass is 249 g/mol. The number of anilines is 1. The lowest BCUT2D eigenvalue weighted by atomic mass is 10.0. The highest BCUT2D eigenvalue weighted by Gasteiger charge is 2.21. The van der Waals surface area contributed by atoms with E-state index in [1.54, 1.807) is 0 Å². The molecule has 19 heavy (non-hydrogen) atoms. The zero-order chi connectivity index (χ0) is 12.8. The molecule has 0 N–H and O–H groups in total. The van der Waals surface area contributed by atoms with Crippen LogP contribution in [0, 0.1) is 0 Å². The summed E-state index contributed by atoms with van der Waals surface area (Å²) in [6, 6.07) is 15.3. The van der Waals surface area contributed by atoms with E-state index in [4.69, 9.17) is 0 Å². The van der Waals surface area contributed by atoms with Crippen LogP contribution in [0.1, 0.15) is 11.1 Å². The molecule has 0 atom stereocenters. The van der Waals surface area contributed by atoms with E-state index in [-0.39, 0.29) is 0 Å². The normalized spacial score (nSPS) is 14.1. The molecule has 0 saturated carbocycles. The lowest BCUT2D eigenvalue weighted by Gasteiger charge is -2.16. The molecule has 3 heteroatoms. The smallest absolute Gasteiger partial charge is 0.127 e.